The van der Waals surface area contributed by atoms with Gasteiger partial charge in [0.05, 0.1) is 11.4 Å². The quantitative estimate of drug-likeness (QED) is 0.345. The number of nitrogens with one attached hydrogen (secondary N) is 1. The van der Waals surface area contributed by atoms with Gasteiger partial charge in [0.15, 0.2) is 0 Å². The zero-order valence-electron chi connectivity index (χ0n) is 17.2. The molecule has 0 saturated heterocycles. The first-order valence-corrected chi connectivity index (χ1v) is 10.9. The number of nitrogens with zero attached hydrogens (tertiary/aromatic N) is 3. The highest BCUT2D eigenvalue weighted by atomic mass is 32.2. The van der Waals surface area contributed by atoms with Gasteiger partial charge in [-0.1, -0.05) is 84.6 Å². The van der Waals surface area contributed by atoms with Crippen molar-refractivity contribution in [2.75, 3.05) is 11.1 Å². The third-order valence-electron chi connectivity index (χ3n) is 4.47. The van der Waals surface area contributed by atoms with Crippen molar-refractivity contribution >= 4 is 23.4 Å². The molecule has 0 spiro atoms. The number of thioether (sulfide) groups is 1. The maximum atomic E-state index is 12.6. The number of alkyl halides is 2. The van der Waals surface area contributed by atoms with Gasteiger partial charge in [0.1, 0.15) is 17.1 Å². The van der Waals surface area contributed by atoms with Crippen LogP contribution in [0.25, 0.3) is 22.5 Å². The van der Waals surface area contributed by atoms with Crippen molar-refractivity contribution in [1.82, 2.24) is 15.2 Å². The molecule has 0 aliphatic heterocycles. The Hall–Kier alpha value is -3.85. The number of halogens is 2. The predicted molar refractivity (Wildman–Crippen MR) is 123 cm³/mol. The maximum Gasteiger partial charge on any atom is 0.387 e. The van der Waals surface area contributed by atoms with E-state index in [0.29, 0.717) is 16.5 Å². The fourth-order valence-electron chi connectivity index (χ4n) is 3.05. The molecular formula is C24H18F2N4O2S. The van der Waals surface area contributed by atoms with Gasteiger partial charge in [-0.15, -0.1) is 10.2 Å². The van der Waals surface area contributed by atoms with E-state index in [1.165, 1.54) is 12.1 Å². The summed E-state index contributed by atoms with van der Waals surface area (Å²) in [5.41, 5.74) is 3.19. The number of benzene rings is 3. The number of aromatic nitrogens is 3. The summed E-state index contributed by atoms with van der Waals surface area (Å²) in [6.45, 7) is -2.99. The molecule has 166 valence electrons. The zero-order valence-corrected chi connectivity index (χ0v) is 18.0. The number of anilines is 1. The second-order valence-electron chi connectivity index (χ2n) is 6.74. The topological polar surface area (TPSA) is 77.0 Å². The Labute approximate surface area is 193 Å². The largest absolute Gasteiger partial charge is 0.433 e. The first-order chi connectivity index (χ1) is 16.1. The molecule has 6 nitrogen and oxygen atoms in total. The summed E-state index contributed by atoms with van der Waals surface area (Å²) in [5, 5.41) is 11.4. The molecule has 0 radical (unpaired) electrons. The molecule has 4 rings (SSSR count). The third kappa shape index (κ3) is 5.89. The molecule has 1 heterocycles. The van der Waals surface area contributed by atoms with Gasteiger partial charge in [-0.2, -0.15) is 8.78 Å². The van der Waals surface area contributed by atoms with E-state index < -0.39 is 12.5 Å². The Morgan fingerprint density at radius 3 is 2.12 bits per heavy atom. The smallest absolute Gasteiger partial charge is 0.387 e. The van der Waals surface area contributed by atoms with Gasteiger partial charge < -0.3 is 10.1 Å². The number of rotatable bonds is 8. The van der Waals surface area contributed by atoms with Crippen molar-refractivity contribution in [2.45, 2.75) is 11.8 Å². The average Bonchev–Trinajstić information content (AvgIpc) is 2.84. The SMILES string of the molecule is O=C(CSc1nnc(-c2ccccc2)c(-c2ccccc2)n1)Nc1ccccc1OC(F)F. The fraction of sp³-hybridized carbons (Fsp3) is 0.0833. The summed E-state index contributed by atoms with van der Waals surface area (Å²) in [5.74, 6) is -0.562. The number of carbonyl (C=O) groups is 1. The second-order valence-corrected chi connectivity index (χ2v) is 7.68. The van der Waals surface area contributed by atoms with E-state index in [4.69, 9.17) is 0 Å². The van der Waals surface area contributed by atoms with E-state index in [1.54, 1.807) is 12.1 Å². The van der Waals surface area contributed by atoms with Crippen LogP contribution in [0, 0.1) is 0 Å². The Balaban J connectivity index is 1.52. The van der Waals surface area contributed by atoms with E-state index in [0.717, 1.165) is 22.9 Å². The third-order valence-corrected chi connectivity index (χ3v) is 5.31. The fourth-order valence-corrected chi connectivity index (χ4v) is 3.63. The minimum Gasteiger partial charge on any atom is -0.433 e. The van der Waals surface area contributed by atoms with Gasteiger partial charge in [-0.3, -0.25) is 4.79 Å². The van der Waals surface area contributed by atoms with Crippen LogP contribution in [0.15, 0.2) is 90.1 Å². The summed E-state index contributed by atoms with van der Waals surface area (Å²) in [4.78, 5) is 17.1. The van der Waals surface area contributed by atoms with Crippen LogP contribution in [0.2, 0.25) is 0 Å². The van der Waals surface area contributed by atoms with Crippen molar-refractivity contribution in [3.63, 3.8) is 0 Å². The molecule has 0 bridgehead atoms. The lowest BCUT2D eigenvalue weighted by molar-refractivity contribution is -0.113. The van der Waals surface area contributed by atoms with Gasteiger partial charge in [-0.05, 0) is 12.1 Å². The van der Waals surface area contributed by atoms with E-state index in [9.17, 15) is 13.6 Å². The van der Waals surface area contributed by atoms with Crippen LogP contribution in [-0.2, 0) is 4.79 Å². The van der Waals surface area contributed by atoms with Crippen LogP contribution in [0.4, 0.5) is 14.5 Å². The lowest BCUT2D eigenvalue weighted by atomic mass is 10.0. The van der Waals surface area contributed by atoms with Gasteiger partial charge >= 0.3 is 6.61 Å². The zero-order chi connectivity index (χ0) is 23.0. The first kappa shape index (κ1) is 22.3. The van der Waals surface area contributed by atoms with Gasteiger partial charge in [0, 0.05) is 11.1 Å². The molecule has 1 N–H and O–H groups in total. The van der Waals surface area contributed by atoms with Crippen LogP contribution in [-0.4, -0.2) is 33.5 Å². The lowest BCUT2D eigenvalue weighted by Crippen LogP contribution is -2.16. The summed E-state index contributed by atoms with van der Waals surface area (Å²) >= 11 is 1.09. The minimum atomic E-state index is -2.99. The molecule has 0 saturated carbocycles. The van der Waals surface area contributed by atoms with E-state index >= 15 is 0 Å². The van der Waals surface area contributed by atoms with E-state index in [1.807, 2.05) is 60.7 Å². The maximum absolute atomic E-state index is 12.6. The Morgan fingerprint density at radius 2 is 1.45 bits per heavy atom. The van der Waals surface area contributed by atoms with Crippen LogP contribution >= 0.6 is 11.8 Å². The predicted octanol–water partition coefficient (Wildman–Crippen LogP) is 5.54. The number of hydrogen-bond acceptors (Lipinski definition) is 6. The van der Waals surface area contributed by atoms with Crippen molar-refractivity contribution in [1.29, 1.82) is 0 Å². The standard InChI is InChI=1S/C24H18F2N4O2S/c25-23(26)32-19-14-8-7-13-18(19)27-20(31)15-33-24-28-21(16-9-3-1-4-10-16)22(29-30-24)17-11-5-2-6-12-17/h1-14,23H,15H2,(H,27,31). The summed E-state index contributed by atoms with van der Waals surface area (Å²) in [7, 11) is 0. The average molecular weight is 464 g/mol. The molecule has 1 amide bonds. The van der Waals surface area contributed by atoms with Crippen LogP contribution in [0.5, 0.6) is 5.75 Å². The molecule has 0 fully saturated rings. The van der Waals surface area contributed by atoms with Crippen molar-refractivity contribution in [3.05, 3.63) is 84.9 Å². The molecule has 0 unspecified atom stereocenters. The minimum absolute atomic E-state index is 0.0381. The summed E-state index contributed by atoms with van der Waals surface area (Å²) in [6, 6.07) is 25.2. The monoisotopic (exact) mass is 464 g/mol. The molecule has 1 aromatic heterocycles. The van der Waals surface area contributed by atoms with Crippen molar-refractivity contribution < 1.29 is 18.3 Å². The lowest BCUT2D eigenvalue weighted by Gasteiger charge is -2.12. The van der Waals surface area contributed by atoms with Gasteiger partial charge in [0.25, 0.3) is 0 Å². The van der Waals surface area contributed by atoms with Gasteiger partial charge in [-0.25, -0.2) is 4.98 Å². The highest BCUT2D eigenvalue weighted by molar-refractivity contribution is 7.99. The molecular weight excluding hydrogens is 446 g/mol. The molecule has 33 heavy (non-hydrogen) atoms. The number of carbonyl (C=O) groups excluding carboxylic acids is 1. The molecule has 0 atom stereocenters. The Morgan fingerprint density at radius 1 is 0.848 bits per heavy atom. The molecule has 4 aromatic rings. The van der Waals surface area contributed by atoms with Gasteiger partial charge in [0.2, 0.25) is 11.1 Å². The summed E-state index contributed by atoms with van der Waals surface area (Å²) in [6.07, 6.45) is 0. The van der Waals surface area contributed by atoms with Crippen molar-refractivity contribution in [2.24, 2.45) is 0 Å². The van der Waals surface area contributed by atoms with Crippen LogP contribution in [0.3, 0.4) is 0 Å². The van der Waals surface area contributed by atoms with E-state index in [-0.39, 0.29) is 17.2 Å². The second kappa shape index (κ2) is 10.6. The highest BCUT2D eigenvalue weighted by Crippen LogP contribution is 2.30. The van der Waals surface area contributed by atoms with Crippen LogP contribution < -0.4 is 10.1 Å². The number of hydrogen-bond donors (Lipinski definition) is 1. The Kier molecular flexibility index (Phi) is 7.21. The highest BCUT2D eigenvalue weighted by Gasteiger charge is 2.16. The number of para-hydroxylation sites is 2. The Bertz CT molecular complexity index is 1230. The van der Waals surface area contributed by atoms with Crippen molar-refractivity contribution in [3.8, 4) is 28.3 Å². The molecule has 0 aliphatic carbocycles. The number of amides is 1. The molecule has 0 aliphatic rings. The van der Waals surface area contributed by atoms with Crippen LogP contribution in [0.1, 0.15) is 0 Å². The normalized spacial score (nSPS) is 10.8. The molecule has 9 heteroatoms. The number of ether oxygens (including phenoxy) is 1. The van der Waals surface area contributed by atoms with E-state index in [2.05, 4.69) is 25.2 Å². The summed E-state index contributed by atoms with van der Waals surface area (Å²) < 4.78 is 29.6. The molecule has 3 aromatic carbocycles. The first-order valence-electron chi connectivity index (χ1n) is 9.92.